The van der Waals surface area contributed by atoms with E-state index in [0.29, 0.717) is 5.15 Å². The van der Waals surface area contributed by atoms with Crippen LogP contribution in [0, 0.1) is 6.92 Å². The number of pyridine rings is 1. The van der Waals surface area contributed by atoms with Gasteiger partial charge in [0.25, 0.3) is 0 Å². The van der Waals surface area contributed by atoms with E-state index in [4.69, 9.17) is 11.6 Å². The standard InChI is InChI=1S/C16H19ClN2/c1-12-6-5-7-14-15(12)13(10-18-16(14)17)11-19-8-3-2-4-9-19/h5-7,10H,2-4,8-9,11H2,1H3. The normalized spacial score (nSPS) is 16.9. The van der Waals surface area contributed by atoms with Crippen LogP contribution in [0.1, 0.15) is 30.4 Å². The van der Waals surface area contributed by atoms with E-state index in [2.05, 4.69) is 35.0 Å². The third kappa shape index (κ3) is 2.60. The molecule has 19 heavy (non-hydrogen) atoms. The second kappa shape index (κ2) is 5.48. The van der Waals surface area contributed by atoms with Crippen molar-refractivity contribution in [1.82, 2.24) is 9.88 Å². The van der Waals surface area contributed by atoms with E-state index in [1.165, 1.54) is 48.9 Å². The highest BCUT2D eigenvalue weighted by atomic mass is 35.5. The molecule has 1 aromatic heterocycles. The summed E-state index contributed by atoms with van der Waals surface area (Å²) in [6.07, 6.45) is 5.96. The second-order valence-electron chi connectivity index (χ2n) is 5.41. The van der Waals surface area contributed by atoms with Crippen molar-refractivity contribution >= 4 is 22.4 Å². The van der Waals surface area contributed by atoms with Gasteiger partial charge >= 0.3 is 0 Å². The monoisotopic (exact) mass is 274 g/mol. The van der Waals surface area contributed by atoms with E-state index in [-0.39, 0.29) is 0 Å². The van der Waals surface area contributed by atoms with Gasteiger partial charge in [0, 0.05) is 18.1 Å². The summed E-state index contributed by atoms with van der Waals surface area (Å²) < 4.78 is 0. The topological polar surface area (TPSA) is 16.1 Å². The quantitative estimate of drug-likeness (QED) is 0.764. The molecule has 100 valence electrons. The summed E-state index contributed by atoms with van der Waals surface area (Å²) in [4.78, 5) is 6.88. The van der Waals surface area contributed by atoms with Crippen molar-refractivity contribution in [3.63, 3.8) is 0 Å². The van der Waals surface area contributed by atoms with Crippen molar-refractivity contribution in [2.75, 3.05) is 13.1 Å². The summed E-state index contributed by atoms with van der Waals surface area (Å²) in [5.41, 5.74) is 2.59. The van der Waals surface area contributed by atoms with Gasteiger partial charge in [0.15, 0.2) is 0 Å². The molecule has 0 radical (unpaired) electrons. The molecule has 2 aromatic rings. The number of likely N-dealkylation sites (tertiary alicyclic amines) is 1. The van der Waals surface area contributed by atoms with Crippen molar-refractivity contribution in [3.05, 3.63) is 40.7 Å². The Kier molecular flexibility index (Phi) is 3.72. The summed E-state index contributed by atoms with van der Waals surface area (Å²) in [6, 6.07) is 6.27. The highest BCUT2D eigenvalue weighted by Gasteiger charge is 2.14. The lowest BCUT2D eigenvalue weighted by molar-refractivity contribution is 0.221. The van der Waals surface area contributed by atoms with Crippen molar-refractivity contribution in [2.45, 2.75) is 32.7 Å². The Bertz CT molecular complexity index is 589. The number of halogens is 1. The summed E-state index contributed by atoms with van der Waals surface area (Å²) in [6.45, 7) is 5.55. The number of fused-ring (bicyclic) bond motifs is 1. The molecule has 0 atom stereocenters. The minimum Gasteiger partial charge on any atom is -0.299 e. The molecular formula is C16H19ClN2. The third-order valence-electron chi connectivity index (χ3n) is 3.99. The molecule has 2 heterocycles. The maximum Gasteiger partial charge on any atom is 0.136 e. The van der Waals surface area contributed by atoms with Gasteiger partial charge in [-0.15, -0.1) is 0 Å². The van der Waals surface area contributed by atoms with Gasteiger partial charge in [0.1, 0.15) is 5.15 Å². The van der Waals surface area contributed by atoms with E-state index in [0.717, 1.165) is 11.9 Å². The number of aryl methyl sites for hydroxylation is 1. The SMILES string of the molecule is Cc1cccc2c(Cl)ncc(CN3CCCCC3)c12. The van der Waals surface area contributed by atoms with Crippen molar-refractivity contribution in [1.29, 1.82) is 0 Å². The van der Waals surface area contributed by atoms with Crippen molar-refractivity contribution in [2.24, 2.45) is 0 Å². The van der Waals surface area contributed by atoms with Gasteiger partial charge in [-0.25, -0.2) is 4.98 Å². The molecule has 2 nitrogen and oxygen atoms in total. The summed E-state index contributed by atoms with van der Waals surface area (Å²) in [7, 11) is 0. The van der Waals surface area contributed by atoms with Crippen LogP contribution in [-0.4, -0.2) is 23.0 Å². The van der Waals surface area contributed by atoms with Crippen LogP contribution in [0.4, 0.5) is 0 Å². The predicted molar refractivity (Wildman–Crippen MR) is 80.6 cm³/mol. The zero-order valence-electron chi connectivity index (χ0n) is 11.3. The van der Waals surface area contributed by atoms with Crippen LogP contribution in [0.25, 0.3) is 10.8 Å². The van der Waals surface area contributed by atoms with E-state index in [1.807, 2.05) is 6.20 Å². The number of rotatable bonds is 2. The molecule has 1 saturated heterocycles. The van der Waals surface area contributed by atoms with Crippen LogP contribution >= 0.6 is 11.6 Å². The zero-order chi connectivity index (χ0) is 13.2. The fraction of sp³-hybridized carbons (Fsp3) is 0.438. The van der Waals surface area contributed by atoms with Gasteiger partial charge in [0.05, 0.1) is 0 Å². The van der Waals surface area contributed by atoms with Crippen LogP contribution in [0.2, 0.25) is 5.15 Å². The van der Waals surface area contributed by atoms with Gasteiger partial charge < -0.3 is 0 Å². The van der Waals surface area contributed by atoms with Crippen LogP contribution in [0.15, 0.2) is 24.4 Å². The molecule has 0 aliphatic carbocycles. The maximum atomic E-state index is 6.22. The fourth-order valence-corrected chi connectivity index (χ4v) is 3.22. The number of piperidine rings is 1. The van der Waals surface area contributed by atoms with E-state index in [1.54, 1.807) is 0 Å². The average Bonchev–Trinajstić information content (AvgIpc) is 2.43. The number of aromatic nitrogens is 1. The molecule has 0 bridgehead atoms. The predicted octanol–water partition coefficient (Wildman–Crippen LogP) is 4.18. The molecule has 1 aliphatic heterocycles. The van der Waals surface area contributed by atoms with Gasteiger partial charge in [-0.3, -0.25) is 4.90 Å². The first-order valence-corrected chi connectivity index (χ1v) is 7.38. The maximum absolute atomic E-state index is 6.22. The summed E-state index contributed by atoms with van der Waals surface area (Å²) >= 11 is 6.22. The Balaban J connectivity index is 2.01. The highest BCUT2D eigenvalue weighted by Crippen LogP contribution is 2.28. The first kappa shape index (κ1) is 12.9. The summed E-state index contributed by atoms with van der Waals surface area (Å²) in [5.74, 6) is 0. The van der Waals surface area contributed by atoms with Crippen molar-refractivity contribution in [3.8, 4) is 0 Å². The van der Waals surface area contributed by atoms with Gasteiger partial charge in [0.2, 0.25) is 0 Å². The first-order valence-electron chi connectivity index (χ1n) is 7.01. The summed E-state index contributed by atoms with van der Waals surface area (Å²) in [5, 5.41) is 2.98. The van der Waals surface area contributed by atoms with Crippen LogP contribution in [0.5, 0.6) is 0 Å². The molecule has 1 aromatic carbocycles. The minimum atomic E-state index is 0.612. The minimum absolute atomic E-state index is 0.612. The van der Waals surface area contributed by atoms with Crippen LogP contribution in [0.3, 0.4) is 0 Å². The Hall–Kier alpha value is -1.12. The molecular weight excluding hydrogens is 256 g/mol. The molecule has 3 rings (SSSR count). The lowest BCUT2D eigenvalue weighted by Gasteiger charge is -2.27. The number of hydrogen-bond donors (Lipinski definition) is 0. The molecule has 0 saturated carbocycles. The lowest BCUT2D eigenvalue weighted by atomic mass is 10.0. The van der Waals surface area contributed by atoms with Crippen LogP contribution < -0.4 is 0 Å². The van der Waals surface area contributed by atoms with E-state index < -0.39 is 0 Å². The Morgan fingerprint density at radius 2 is 2.00 bits per heavy atom. The average molecular weight is 275 g/mol. The molecule has 0 amide bonds. The smallest absolute Gasteiger partial charge is 0.136 e. The first-order chi connectivity index (χ1) is 9.25. The molecule has 0 N–H and O–H groups in total. The zero-order valence-corrected chi connectivity index (χ0v) is 12.1. The Labute approximate surface area is 119 Å². The number of hydrogen-bond acceptors (Lipinski definition) is 2. The molecule has 3 heteroatoms. The van der Waals surface area contributed by atoms with E-state index >= 15 is 0 Å². The van der Waals surface area contributed by atoms with Gasteiger partial charge in [-0.1, -0.05) is 36.2 Å². The Morgan fingerprint density at radius 3 is 2.79 bits per heavy atom. The van der Waals surface area contributed by atoms with Gasteiger partial charge in [-0.2, -0.15) is 0 Å². The molecule has 0 unspecified atom stereocenters. The largest absolute Gasteiger partial charge is 0.299 e. The van der Waals surface area contributed by atoms with Crippen molar-refractivity contribution < 1.29 is 0 Å². The van der Waals surface area contributed by atoms with Gasteiger partial charge in [-0.05, 0) is 49.4 Å². The Morgan fingerprint density at radius 1 is 1.21 bits per heavy atom. The highest BCUT2D eigenvalue weighted by molar-refractivity contribution is 6.34. The van der Waals surface area contributed by atoms with Crippen LogP contribution in [-0.2, 0) is 6.54 Å². The lowest BCUT2D eigenvalue weighted by Crippen LogP contribution is -2.29. The second-order valence-corrected chi connectivity index (χ2v) is 5.77. The molecule has 0 spiro atoms. The number of nitrogens with zero attached hydrogens (tertiary/aromatic N) is 2. The van der Waals surface area contributed by atoms with E-state index in [9.17, 15) is 0 Å². The molecule has 1 aliphatic rings. The molecule has 1 fully saturated rings. The fourth-order valence-electron chi connectivity index (χ4n) is 3.01. The number of benzene rings is 1. The third-order valence-corrected chi connectivity index (χ3v) is 4.29.